The van der Waals surface area contributed by atoms with Crippen molar-refractivity contribution < 1.29 is 4.79 Å². The molecule has 0 aromatic heterocycles. The van der Waals surface area contributed by atoms with Crippen molar-refractivity contribution in [2.45, 2.75) is 47.5 Å². The molecule has 1 rings (SSSR count). The highest BCUT2D eigenvalue weighted by molar-refractivity contribution is 5.91. The fraction of sp³-hybridized carbons (Fsp3) is 0.562. The Morgan fingerprint density at radius 1 is 1.37 bits per heavy atom. The minimum atomic E-state index is 0.0737. The van der Waals surface area contributed by atoms with Gasteiger partial charge in [-0.05, 0) is 48.4 Å². The van der Waals surface area contributed by atoms with Crippen molar-refractivity contribution in [2.75, 3.05) is 11.1 Å². The van der Waals surface area contributed by atoms with E-state index in [1.165, 1.54) is 0 Å². The lowest BCUT2D eigenvalue weighted by atomic mass is 9.84. The van der Waals surface area contributed by atoms with Crippen molar-refractivity contribution >= 4 is 17.3 Å². The highest BCUT2D eigenvalue weighted by Gasteiger charge is 2.18. The first-order valence-corrected chi connectivity index (χ1v) is 6.83. The van der Waals surface area contributed by atoms with Crippen LogP contribution in [-0.2, 0) is 4.79 Å². The molecule has 0 heterocycles. The second-order valence-electron chi connectivity index (χ2n) is 6.70. The highest BCUT2D eigenvalue weighted by atomic mass is 16.1. The molecule has 106 valence electrons. The molecule has 1 atom stereocenters. The summed E-state index contributed by atoms with van der Waals surface area (Å²) in [5.41, 5.74) is 8.52. The molecule has 0 aliphatic carbocycles. The molecule has 0 aliphatic rings. The summed E-state index contributed by atoms with van der Waals surface area (Å²) in [6.45, 7) is 10.7. The first-order valence-electron chi connectivity index (χ1n) is 6.83. The number of nitrogens with one attached hydrogen (secondary N) is 1. The lowest BCUT2D eigenvalue weighted by Gasteiger charge is -2.23. The van der Waals surface area contributed by atoms with Crippen LogP contribution in [0.15, 0.2) is 18.2 Å². The van der Waals surface area contributed by atoms with Gasteiger partial charge in [-0.1, -0.05) is 27.7 Å². The maximum absolute atomic E-state index is 12.0. The Bertz CT molecular complexity index is 447. The van der Waals surface area contributed by atoms with Crippen LogP contribution in [0.2, 0.25) is 0 Å². The molecule has 0 radical (unpaired) electrons. The average molecular weight is 262 g/mol. The Hall–Kier alpha value is -1.51. The largest absolute Gasteiger partial charge is 0.399 e. The summed E-state index contributed by atoms with van der Waals surface area (Å²) in [7, 11) is 0. The summed E-state index contributed by atoms with van der Waals surface area (Å²) in [4.78, 5) is 12.0. The number of amides is 1. The number of carbonyl (C=O) groups excluding carboxylic acids is 1. The van der Waals surface area contributed by atoms with Gasteiger partial charge in [0.2, 0.25) is 5.91 Å². The molecule has 0 fully saturated rings. The fourth-order valence-electron chi connectivity index (χ4n) is 2.46. The third kappa shape index (κ3) is 5.77. The van der Waals surface area contributed by atoms with Crippen LogP contribution in [0.4, 0.5) is 11.4 Å². The molecule has 1 aromatic carbocycles. The van der Waals surface area contributed by atoms with Gasteiger partial charge in [0, 0.05) is 17.8 Å². The first-order chi connectivity index (χ1) is 8.67. The van der Waals surface area contributed by atoms with Gasteiger partial charge in [-0.25, -0.2) is 0 Å². The van der Waals surface area contributed by atoms with Gasteiger partial charge in [-0.3, -0.25) is 4.79 Å². The number of nitrogen functional groups attached to an aromatic ring is 1. The van der Waals surface area contributed by atoms with Gasteiger partial charge < -0.3 is 11.1 Å². The monoisotopic (exact) mass is 262 g/mol. The summed E-state index contributed by atoms with van der Waals surface area (Å²) in [6.07, 6.45) is 1.60. The van der Waals surface area contributed by atoms with E-state index in [-0.39, 0.29) is 11.3 Å². The van der Waals surface area contributed by atoms with E-state index in [1.807, 2.05) is 19.1 Å². The molecule has 3 N–H and O–H groups in total. The molecule has 3 nitrogen and oxygen atoms in total. The van der Waals surface area contributed by atoms with Crippen molar-refractivity contribution in [3.8, 4) is 0 Å². The molecule has 19 heavy (non-hydrogen) atoms. The van der Waals surface area contributed by atoms with Gasteiger partial charge in [-0.2, -0.15) is 0 Å². The molecule has 1 amide bonds. The fourth-order valence-corrected chi connectivity index (χ4v) is 2.46. The predicted octanol–water partition coefficient (Wildman–Crippen LogP) is 3.98. The van der Waals surface area contributed by atoms with E-state index < -0.39 is 0 Å². The van der Waals surface area contributed by atoms with E-state index in [0.717, 1.165) is 23.4 Å². The zero-order valence-corrected chi connectivity index (χ0v) is 12.7. The summed E-state index contributed by atoms with van der Waals surface area (Å²) in [5.74, 6) is 0.457. The van der Waals surface area contributed by atoms with Crippen LogP contribution in [-0.4, -0.2) is 5.91 Å². The van der Waals surface area contributed by atoms with Crippen LogP contribution in [0.1, 0.15) is 46.1 Å². The van der Waals surface area contributed by atoms with Crippen molar-refractivity contribution in [1.29, 1.82) is 0 Å². The maximum Gasteiger partial charge on any atom is 0.224 e. The number of anilines is 2. The van der Waals surface area contributed by atoms with E-state index in [4.69, 9.17) is 5.73 Å². The topological polar surface area (TPSA) is 55.1 Å². The van der Waals surface area contributed by atoms with Gasteiger partial charge in [0.15, 0.2) is 0 Å². The smallest absolute Gasteiger partial charge is 0.224 e. The van der Waals surface area contributed by atoms with E-state index in [1.54, 1.807) is 6.07 Å². The van der Waals surface area contributed by atoms with Gasteiger partial charge in [0.1, 0.15) is 0 Å². The maximum atomic E-state index is 12.0. The zero-order valence-electron chi connectivity index (χ0n) is 12.7. The molecule has 3 heteroatoms. The summed E-state index contributed by atoms with van der Waals surface area (Å²) >= 11 is 0. The lowest BCUT2D eigenvalue weighted by Crippen LogP contribution is -2.19. The van der Waals surface area contributed by atoms with E-state index >= 15 is 0 Å². The normalized spacial score (nSPS) is 13.1. The molecule has 0 saturated heterocycles. The van der Waals surface area contributed by atoms with Crippen molar-refractivity contribution in [2.24, 2.45) is 11.3 Å². The van der Waals surface area contributed by atoms with Crippen LogP contribution in [0.5, 0.6) is 0 Å². The minimum absolute atomic E-state index is 0.0737. The Morgan fingerprint density at radius 3 is 2.53 bits per heavy atom. The number of benzene rings is 1. The van der Waals surface area contributed by atoms with Crippen LogP contribution in [0.3, 0.4) is 0 Å². The summed E-state index contributed by atoms with van der Waals surface area (Å²) in [5, 5.41) is 2.96. The van der Waals surface area contributed by atoms with Crippen LogP contribution in [0, 0.1) is 18.3 Å². The zero-order chi connectivity index (χ0) is 14.6. The molecule has 0 saturated carbocycles. The number of rotatable bonds is 4. The third-order valence-corrected chi connectivity index (χ3v) is 3.02. The second-order valence-corrected chi connectivity index (χ2v) is 6.70. The SMILES string of the molecule is Cc1cc(N)ccc1NC(=O)CC(C)CC(C)(C)C. The number of nitrogens with two attached hydrogens (primary N) is 1. The van der Waals surface area contributed by atoms with Crippen LogP contribution >= 0.6 is 0 Å². The Morgan fingerprint density at radius 2 is 2.00 bits per heavy atom. The van der Waals surface area contributed by atoms with Gasteiger partial charge in [-0.15, -0.1) is 0 Å². The Balaban J connectivity index is 2.56. The lowest BCUT2D eigenvalue weighted by molar-refractivity contribution is -0.117. The Labute approximate surface area is 116 Å². The Kier molecular flexibility index (Phi) is 4.98. The first kappa shape index (κ1) is 15.5. The molecular weight excluding hydrogens is 236 g/mol. The van der Waals surface area contributed by atoms with Crippen molar-refractivity contribution in [1.82, 2.24) is 0 Å². The highest BCUT2D eigenvalue weighted by Crippen LogP contribution is 2.26. The number of aryl methyl sites for hydroxylation is 1. The molecule has 1 aromatic rings. The minimum Gasteiger partial charge on any atom is -0.399 e. The molecule has 0 spiro atoms. The summed E-state index contributed by atoms with van der Waals surface area (Å²) < 4.78 is 0. The predicted molar refractivity (Wildman–Crippen MR) is 82.1 cm³/mol. The standard InChI is InChI=1S/C16H26N2O/c1-11(10-16(3,4)5)8-15(19)18-14-7-6-13(17)9-12(14)2/h6-7,9,11H,8,10,17H2,1-5H3,(H,18,19). The van der Waals surface area contributed by atoms with Gasteiger partial charge in [0.25, 0.3) is 0 Å². The average Bonchev–Trinajstić information content (AvgIpc) is 2.19. The van der Waals surface area contributed by atoms with Crippen molar-refractivity contribution in [3.63, 3.8) is 0 Å². The van der Waals surface area contributed by atoms with Crippen LogP contribution < -0.4 is 11.1 Å². The van der Waals surface area contributed by atoms with Crippen LogP contribution in [0.25, 0.3) is 0 Å². The van der Waals surface area contributed by atoms with E-state index in [0.29, 0.717) is 12.3 Å². The second kappa shape index (κ2) is 6.09. The molecule has 0 bridgehead atoms. The number of hydrogen-bond acceptors (Lipinski definition) is 2. The quantitative estimate of drug-likeness (QED) is 0.806. The van der Waals surface area contributed by atoms with Crippen molar-refractivity contribution in [3.05, 3.63) is 23.8 Å². The number of carbonyl (C=O) groups is 1. The summed E-state index contributed by atoms with van der Waals surface area (Å²) in [6, 6.07) is 5.53. The van der Waals surface area contributed by atoms with Gasteiger partial charge >= 0.3 is 0 Å². The molecule has 1 unspecified atom stereocenters. The third-order valence-electron chi connectivity index (χ3n) is 3.02. The number of hydrogen-bond donors (Lipinski definition) is 2. The molecular formula is C16H26N2O. The van der Waals surface area contributed by atoms with E-state index in [2.05, 4.69) is 33.0 Å². The van der Waals surface area contributed by atoms with Gasteiger partial charge in [0.05, 0.1) is 0 Å². The molecule has 0 aliphatic heterocycles. The van der Waals surface area contributed by atoms with E-state index in [9.17, 15) is 4.79 Å².